The molecule has 1 heterocycles. The first-order chi connectivity index (χ1) is 7.59. The molecule has 0 saturated carbocycles. The number of hydrogen-bond donors (Lipinski definition) is 1. The van der Waals surface area contributed by atoms with Crippen molar-refractivity contribution in [1.29, 1.82) is 0 Å². The predicted molar refractivity (Wildman–Crippen MR) is 76.7 cm³/mol. The van der Waals surface area contributed by atoms with Crippen molar-refractivity contribution in [2.45, 2.75) is 43.6 Å². The molecular weight excluding hydrogens is 238 g/mol. The lowest BCUT2D eigenvalue weighted by Crippen LogP contribution is -2.40. The molecule has 96 valence electrons. The van der Waals surface area contributed by atoms with Gasteiger partial charge in [-0.2, -0.15) is 23.5 Å². The molecule has 0 aromatic heterocycles. The second-order valence-corrected chi connectivity index (χ2v) is 7.38. The van der Waals surface area contributed by atoms with Crippen molar-refractivity contribution in [3.8, 4) is 0 Å². The lowest BCUT2D eigenvalue weighted by molar-refractivity contribution is 0.0119. The lowest BCUT2D eigenvalue weighted by atomic mass is 9.97. The monoisotopic (exact) mass is 263 g/mol. The fourth-order valence-electron chi connectivity index (χ4n) is 1.86. The molecule has 0 amide bonds. The van der Waals surface area contributed by atoms with Crippen molar-refractivity contribution in [3.63, 3.8) is 0 Å². The molecule has 0 aromatic rings. The van der Waals surface area contributed by atoms with Crippen LogP contribution in [0.5, 0.6) is 0 Å². The van der Waals surface area contributed by atoms with E-state index in [-0.39, 0.29) is 5.60 Å². The van der Waals surface area contributed by atoms with Gasteiger partial charge in [-0.05, 0) is 33.7 Å². The number of nitrogens with one attached hydrogen (secondary N) is 1. The smallest absolute Gasteiger partial charge is 0.0623 e. The van der Waals surface area contributed by atoms with Crippen LogP contribution >= 0.6 is 23.5 Å². The first kappa shape index (κ1) is 14.7. The zero-order valence-corrected chi connectivity index (χ0v) is 12.5. The zero-order valence-electron chi connectivity index (χ0n) is 10.9. The van der Waals surface area contributed by atoms with E-state index in [0.717, 1.165) is 11.7 Å². The lowest BCUT2D eigenvalue weighted by Gasteiger charge is -2.32. The van der Waals surface area contributed by atoms with Crippen LogP contribution < -0.4 is 5.32 Å². The molecule has 1 fully saturated rings. The Bertz CT molecular complexity index is 193. The van der Waals surface area contributed by atoms with Crippen molar-refractivity contribution in [2.75, 3.05) is 31.4 Å². The van der Waals surface area contributed by atoms with Crippen molar-refractivity contribution in [3.05, 3.63) is 0 Å². The molecule has 0 bridgehead atoms. The van der Waals surface area contributed by atoms with E-state index in [1.165, 1.54) is 23.7 Å². The van der Waals surface area contributed by atoms with Crippen LogP contribution in [0.2, 0.25) is 0 Å². The summed E-state index contributed by atoms with van der Waals surface area (Å²) in [6, 6.07) is 0.632. The average Bonchev–Trinajstić information content (AvgIpc) is 2.31. The standard InChI is InChI=1S/C12H25NOS2/c1-12(2,14-4)6-5-10(13-3)11-9-15-7-8-16-11/h10-11,13H,5-9H2,1-4H3. The topological polar surface area (TPSA) is 21.3 Å². The van der Waals surface area contributed by atoms with Gasteiger partial charge < -0.3 is 10.1 Å². The SMILES string of the molecule is CNC(CCC(C)(C)OC)C1CSCCS1. The van der Waals surface area contributed by atoms with Gasteiger partial charge in [-0.3, -0.25) is 0 Å². The van der Waals surface area contributed by atoms with E-state index in [4.69, 9.17) is 4.74 Å². The summed E-state index contributed by atoms with van der Waals surface area (Å²) in [5.41, 5.74) is 0.0155. The van der Waals surface area contributed by atoms with Crippen molar-refractivity contribution in [2.24, 2.45) is 0 Å². The van der Waals surface area contributed by atoms with Gasteiger partial charge in [0.15, 0.2) is 0 Å². The van der Waals surface area contributed by atoms with Crippen LogP contribution in [-0.4, -0.2) is 48.3 Å². The van der Waals surface area contributed by atoms with E-state index in [1.54, 1.807) is 7.11 Å². The molecule has 0 radical (unpaired) electrons. The molecule has 0 aliphatic carbocycles. The Morgan fingerprint density at radius 3 is 2.69 bits per heavy atom. The van der Waals surface area contributed by atoms with E-state index in [1.807, 2.05) is 0 Å². The molecule has 4 heteroatoms. The molecule has 1 saturated heterocycles. The molecule has 1 aliphatic rings. The molecule has 1 aliphatic heterocycles. The van der Waals surface area contributed by atoms with E-state index in [9.17, 15) is 0 Å². The summed E-state index contributed by atoms with van der Waals surface area (Å²) in [6.45, 7) is 4.34. The first-order valence-corrected chi connectivity index (χ1v) is 8.21. The minimum absolute atomic E-state index is 0.0155. The van der Waals surface area contributed by atoms with Gasteiger partial charge in [-0.15, -0.1) is 0 Å². The Labute approximate surface area is 109 Å². The summed E-state index contributed by atoms with van der Waals surface area (Å²) < 4.78 is 5.48. The van der Waals surface area contributed by atoms with Gasteiger partial charge >= 0.3 is 0 Å². The molecule has 16 heavy (non-hydrogen) atoms. The molecule has 2 unspecified atom stereocenters. The minimum atomic E-state index is 0.0155. The Balaban J connectivity index is 2.36. The van der Waals surface area contributed by atoms with E-state index in [0.29, 0.717) is 6.04 Å². The first-order valence-electron chi connectivity index (χ1n) is 6.01. The van der Waals surface area contributed by atoms with Gasteiger partial charge in [0.05, 0.1) is 5.60 Å². The van der Waals surface area contributed by atoms with Crippen molar-refractivity contribution in [1.82, 2.24) is 5.32 Å². The number of rotatable bonds is 6. The van der Waals surface area contributed by atoms with Crippen LogP contribution in [0.3, 0.4) is 0 Å². The predicted octanol–water partition coefficient (Wildman–Crippen LogP) is 2.63. The Morgan fingerprint density at radius 2 is 2.19 bits per heavy atom. The van der Waals surface area contributed by atoms with Gasteiger partial charge in [0.25, 0.3) is 0 Å². The van der Waals surface area contributed by atoms with E-state index in [2.05, 4.69) is 49.7 Å². The largest absolute Gasteiger partial charge is 0.379 e. The minimum Gasteiger partial charge on any atom is -0.379 e. The molecule has 1 rings (SSSR count). The average molecular weight is 263 g/mol. The van der Waals surface area contributed by atoms with E-state index >= 15 is 0 Å². The summed E-state index contributed by atoms with van der Waals surface area (Å²) in [5.74, 6) is 3.92. The number of hydrogen-bond acceptors (Lipinski definition) is 4. The normalized spacial score (nSPS) is 24.4. The maximum Gasteiger partial charge on any atom is 0.0623 e. The highest BCUT2D eigenvalue weighted by molar-refractivity contribution is 8.06. The van der Waals surface area contributed by atoms with Crippen LogP contribution in [0, 0.1) is 0 Å². The fraction of sp³-hybridized carbons (Fsp3) is 1.00. The molecule has 2 atom stereocenters. The van der Waals surface area contributed by atoms with Crippen LogP contribution in [0.1, 0.15) is 26.7 Å². The number of ether oxygens (including phenoxy) is 1. The van der Waals surface area contributed by atoms with Gasteiger partial charge in [-0.1, -0.05) is 0 Å². The fourth-order valence-corrected chi connectivity index (χ4v) is 4.83. The summed E-state index contributed by atoms with van der Waals surface area (Å²) in [5, 5.41) is 4.25. The van der Waals surface area contributed by atoms with Crippen LogP contribution in [-0.2, 0) is 4.74 Å². The second kappa shape index (κ2) is 7.14. The molecule has 0 spiro atoms. The highest BCUT2D eigenvalue weighted by Gasteiger charge is 2.26. The van der Waals surface area contributed by atoms with Crippen LogP contribution in [0.4, 0.5) is 0 Å². The molecule has 2 nitrogen and oxygen atoms in total. The molecule has 0 aromatic carbocycles. The van der Waals surface area contributed by atoms with Crippen molar-refractivity contribution >= 4 is 23.5 Å². The van der Waals surface area contributed by atoms with Crippen molar-refractivity contribution < 1.29 is 4.74 Å². The third kappa shape index (κ3) is 4.86. The summed E-state index contributed by atoms with van der Waals surface area (Å²) in [7, 11) is 3.89. The summed E-state index contributed by atoms with van der Waals surface area (Å²) in [6.07, 6.45) is 2.33. The third-order valence-corrected chi connectivity index (χ3v) is 6.19. The highest BCUT2D eigenvalue weighted by Crippen LogP contribution is 2.29. The van der Waals surface area contributed by atoms with Gasteiger partial charge in [0.2, 0.25) is 0 Å². The number of thioether (sulfide) groups is 2. The van der Waals surface area contributed by atoms with Gasteiger partial charge in [-0.25, -0.2) is 0 Å². The Kier molecular flexibility index (Phi) is 6.55. The highest BCUT2D eigenvalue weighted by atomic mass is 32.2. The maximum absolute atomic E-state index is 5.48. The molecular formula is C12H25NOS2. The van der Waals surface area contributed by atoms with Crippen LogP contribution in [0.15, 0.2) is 0 Å². The Hall–Kier alpha value is 0.620. The van der Waals surface area contributed by atoms with Crippen LogP contribution in [0.25, 0.3) is 0 Å². The second-order valence-electron chi connectivity index (χ2n) is 4.88. The quantitative estimate of drug-likeness (QED) is 0.795. The Morgan fingerprint density at radius 1 is 1.44 bits per heavy atom. The number of methoxy groups -OCH3 is 1. The third-order valence-electron chi connectivity index (χ3n) is 3.27. The zero-order chi connectivity index (χ0) is 12.0. The van der Waals surface area contributed by atoms with E-state index < -0.39 is 0 Å². The molecule has 1 N–H and O–H groups in total. The summed E-state index contributed by atoms with van der Waals surface area (Å²) >= 11 is 4.22. The maximum atomic E-state index is 5.48. The summed E-state index contributed by atoms with van der Waals surface area (Å²) in [4.78, 5) is 0. The van der Waals surface area contributed by atoms with Gasteiger partial charge in [0, 0.05) is 35.7 Å². The van der Waals surface area contributed by atoms with Gasteiger partial charge in [0.1, 0.15) is 0 Å².